The summed E-state index contributed by atoms with van der Waals surface area (Å²) in [6.07, 6.45) is 15.3. The lowest BCUT2D eigenvalue weighted by molar-refractivity contribution is -0.168. The zero-order valence-electron chi connectivity index (χ0n) is 67.4. The van der Waals surface area contributed by atoms with Gasteiger partial charge in [0.25, 0.3) is 0 Å². The molecule has 0 saturated carbocycles. The fraction of sp³-hybridized carbons (Fsp3) is 0.790. The van der Waals surface area contributed by atoms with Crippen LogP contribution in [-0.2, 0) is 28.8 Å². The monoisotopic (exact) mass is 1430 g/mol. The lowest BCUT2D eigenvalue weighted by Crippen LogP contribution is -2.45. The number of carbonyl (C=O) groups is 1. The summed E-state index contributed by atoms with van der Waals surface area (Å²) in [5.41, 5.74) is 4.11. The van der Waals surface area contributed by atoms with Gasteiger partial charge in [0.2, 0.25) is 5.89 Å². The summed E-state index contributed by atoms with van der Waals surface area (Å²) in [4.78, 5) is 52.6. The first-order chi connectivity index (χ1) is 48.3. The molecule has 12 heterocycles. The minimum absolute atomic E-state index is 0.101. The maximum atomic E-state index is 11.7. The number of carbonyl (C=O) groups excluding carboxylic acids is 1. The minimum Gasteiger partial charge on any atom is -0.379 e. The number of aromatic nitrogens is 6. The Hall–Kier alpha value is -4.58. The molecule has 4 aromatic heterocycles. The zero-order valence-corrected chi connectivity index (χ0v) is 67.4. The molecule has 0 radical (unpaired) electrons. The third-order valence-corrected chi connectivity index (χ3v) is 21.1. The van der Waals surface area contributed by atoms with Gasteiger partial charge in [-0.1, -0.05) is 45.0 Å². The number of morpholine rings is 1. The van der Waals surface area contributed by atoms with Crippen molar-refractivity contribution >= 4 is 11.6 Å². The zero-order chi connectivity index (χ0) is 75.1. The Labute approximate surface area is 617 Å². The highest BCUT2D eigenvalue weighted by Crippen LogP contribution is 2.32. The Bertz CT molecular complexity index is 2840. The number of anilines is 1. The number of alkyl halides is 3. The summed E-state index contributed by atoms with van der Waals surface area (Å²) in [5.74, 6) is 5.86. The topological polar surface area (TPSA) is 155 Å². The van der Waals surface area contributed by atoms with Gasteiger partial charge in [-0.15, -0.1) is 0 Å². The molecular formula is C81H142F3N15O3. The number of Topliss-reactive ketones (excluding diaryl/α,β-unsaturated/α-hetero) is 1. The smallest absolute Gasteiger partial charge is 0.379 e. The molecule has 0 aromatic carbocycles. The van der Waals surface area contributed by atoms with Crippen LogP contribution in [0.5, 0.6) is 0 Å². The van der Waals surface area contributed by atoms with Gasteiger partial charge in [-0.25, -0.2) is 9.97 Å². The van der Waals surface area contributed by atoms with Crippen LogP contribution in [0.15, 0.2) is 65.8 Å². The Morgan fingerprint density at radius 1 is 0.618 bits per heavy atom. The number of ketones is 1. The van der Waals surface area contributed by atoms with Gasteiger partial charge < -0.3 is 39.1 Å². The molecule has 8 aliphatic heterocycles. The summed E-state index contributed by atoms with van der Waals surface area (Å²) in [5, 5.41) is 6.49. The van der Waals surface area contributed by atoms with Gasteiger partial charge in [-0.3, -0.25) is 29.5 Å². The van der Waals surface area contributed by atoms with Crippen LogP contribution in [0.3, 0.4) is 0 Å². The van der Waals surface area contributed by atoms with Gasteiger partial charge in [-0.2, -0.15) is 18.2 Å². The van der Waals surface area contributed by atoms with Crippen molar-refractivity contribution in [3.8, 4) is 0 Å². The van der Waals surface area contributed by atoms with Gasteiger partial charge in [-0.05, 0) is 248 Å². The van der Waals surface area contributed by atoms with Crippen molar-refractivity contribution in [2.75, 3.05) is 137 Å². The van der Waals surface area contributed by atoms with E-state index >= 15 is 0 Å². The standard InChI is InChI=1S/C14H24N4.C14H22N2.C13H20N2.C11H22N2O.C10H17N3O.C10H19NO.C5H8F3N.C4H10/c1-11(2)18-6-5-12(9-18)7-13-8-14(17(3)4)16-10-15-13;1-14(2,3)16-9-7-12(11-16)10-13-6-4-5-8-15-13;1-11(2)15-7-5-13(10-15)8-12-4-3-6-14-9-12;1-10(2)13-4-3-11(9-13)12-5-7-14-8-6-12;1-7(2)13-5-4-9(6-13)10-11-8(3)12-14-10;1-4-10(12)9-5-6-11(7-9)8(2)3;6-5(7,8)4-1-2-9-3-4;1-4(2)3/h8,10-12H,5-7,9H2,1-4H3;4-6,8,12H,7,9-11H2,1-3H3;3-4,6,9,11,13H,5,7-8,10H2,1-2H3;10-11H,3-9H2,1-2H3;7,9H,4-6H2,1-3H3;8-9H,4-7H2,1-3H3;4,9H,1-3H2;4H,1-3H3. The number of ether oxygens (including phenoxy) is 1. The van der Waals surface area contributed by atoms with E-state index in [-0.39, 0.29) is 13.0 Å². The van der Waals surface area contributed by atoms with E-state index in [1.807, 2.05) is 63.6 Å². The average Bonchev–Trinajstić information content (AvgIpc) is 1.70. The third-order valence-electron chi connectivity index (χ3n) is 21.1. The van der Waals surface area contributed by atoms with Gasteiger partial charge in [0.15, 0.2) is 5.82 Å². The maximum absolute atomic E-state index is 11.7. The van der Waals surface area contributed by atoms with Gasteiger partial charge in [0, 0.05) is 170 Å². The molecule has 0 amide bonds. The Morgan fingerprint density at radius 2 is 1.18 bits per heavy atom. The number of halogens is 3. The lowest BCUT2D eigenvalue weighted by Gasteiger charge is -2.32. The van der Waals surface area contributed by atoms with E-state index in [4.69, 9.17) is 9.26 Å². The quantitative estimate of drug-likeness (QED) is 0.113. The second-order valence-corrected chi connectivity index (χ2v) is 33.1. The highest BCUT2D eigenvalue weighted by Gasteiger charge is 2.41. The molecule has 8 aliphatic rings. The van der Waals surface area contributed by atoms with Crippen LogP contribution in [0.4, 0.5) is 19.0 Å². The number of nitrogens with one attached hydrogen (secondary N) is 1. The summed E-state index contributed by atoms with van der Waals surface area (Å²) >= 11 is 0. The van der Waals surface area contributed by atoms with Crippen molar-refractivity contribution in [2.45, 2.75) is 249 Å². The second kappa shape index (κ2) is 45.2. The largest absolute Gasteiger partial charge is 0.393 e. The molecule has 0 aliphatic carbocycles. The predicted molar refractivity (Wildman–Crippen MR) is 413 cm³/mol. The molecule has 4 aromatic rings. The van der Waals surface area contributed by atoms with Gasteiger partial charge >= 0.3 is 6.18 Å². The van der Waals surface area contributed by atoms with E-state index < -0.39 is 12.1 Å². The summed E-state index contributed by atoms with van der Waals surface area (Å²) in [6.45, 7) is 58.8. The van der Waals surface area contributed by atoms with Crippen molar-refractivity contribution in [1.82, 2.24) is 69.7 Å². The van der Waals surface area contributed by atoms with E-state index in [1.165, 1.54) is 101 Å². The minimum atomic E-state index is -3.98. The van der Waals surface area contributed by atoms with Crippen LogP contribution in [0.1, 0.15) is 204 Å². The van der Waals surface area contributed by atoms with Crippen LogP contribution in [0, 0.1) is 42.4 Å². The summed E-state index contributed by atoms with van der Waals surface area (Å²) in [7, 11) is 4.03. The number of nitrogens with zero attached hydrogens (tertiary/aromatic N) is 14. The number of hydrogen-bond acceptors (Lipinski definition) is 18. The molecule has 21 heteroatoms. The fourth-order valence-corrected chi connectivity index (χ4v) is 14.5. The van der Waals surface area contributed by atoms with Crippen LogP contribution in [0.2, 0.25) is 0 Å². The molecular weight excluding hydrogens is 1290 g/mol. The summed E-state index contributed by atoms with van der Waals surface area (Å²) in [6, 6.07) is 16.6. The van der Waals surface area contributed by atoms with Crippen LogP contribution in [-0.4, -0.2) is 250 Å². The lowest BCUT2D eigenvalue weighted by atomic mass is 10.00. The Kier molecular flexibility index (Phi) is 39.0. The molecule has 1 N–H and O–H groups in total. The van der Waals surface area contributed by atoms with Crippen LogP contribution in [0.25, 0.3) is 0 Å². The highest BCUT2D eigenvalue weighted by molar-refractivity contribution is 5.81. The fourth-order valence-electron chi connectivity index (χ4n) is 14.5. The molecule has 8 fully saturated rings. The van der Waals surface area contributed by atoms with Crippen LogP contribution < -0.4 is 10.2 Å². The molecule has 7 atom stereocenters. The molecule has 0 spiro atoms. The molecule has 7 unspecified atom stereocenters. The van der Waals surface area contributed by atoms with E-state index in [2.05, 4.69) is 205 Å². The third kappa shape index (κ3) is 32.6. The maximum Gasteiger partial charge on any atom is 0.393 e. The number of likely N-dealkylation sites (tertiary alicyclic amines) is 6. The van der Waals surface area contributed by atoms with E-state index in [0.29, 0.717) is 66.3 Å². The summed E-state index contributed by atoms with van der Waals surface area (Å²) < 4.78 is 45.7. The highest BCUT2D eigenvalue weighted by atomic mass is 19.4. The number of hydrogen-bond donors (Lipinski definition) is 1. The van der Waals surface area contributed by atoms with Crippen molar-refractivity contribution in [3.63, 3.8) is 0 Å². The molecule has 0 bridgehead atoms. The molecule has 580 valence electrons. The van der Waals surface area contributed by atoms with E-state index in [1.54, 1.807) is 6.33 Å². The number of aryl methyl sites for hydroxylation is 1. The molecule has 18 nitrogen and oxygen atoms in total. The Morgan fingerprint density at radius 3 is 1.65 bits per heavy atom. The van der Waals surface area contributed by atoms with Crippen molar-refractivity contribution < 1.29 is 27.2 Å². The van der Waals surface area contributed by atoms with Gasteiger partial charge in [0.1, 0.15) is 17.9 Å². The molecule has 8 saturated heterocycles. The first-order valence-electron chi connectivity index (χ1n) is 39.4. The van der Waals surface area contributed by atoms with E-state index in [9.17, 15) is 18.0 Å². The van der Waals surface area contributed by atoms with Crippen molar-refractivity contribution in [3.05, 3.63) is 90.0 Å². The second-order valence-electron chi connectivity index (χ2n) is 33.1. The molecule has 12 rings (SSSR count). The number of pyridine rings is 2. The number of rotatable bonds is 16. The van der Waals surface area contributed by atoms with Crippen LogP contribution >= 0.6 is 0 Å². The predicted octanol–water partition coefficient (Wildman–Crippen LogP) is 13.8. The Balaban J connectivity index is 0.000000214. The normalized spacial score (nSPS) is 23.9. The van der Waals surface area contributed by atoms with Crippen molar-refractivity contribution in [1.29, 1.82) is 0 Å². The van der Waals surface area contributed by atoms with Crippen molar-refractivity contribution in [2.24, 2.45) is 35.5 Å². The molecule has 102 heavy (non-hydrogen) atoms. The first kappa shape index (κ1) is 88.1. The van der Waals surface area contributed by atoms with E-state index in [0.717, 1.165) is 125 Å². The average molecular weight is 1430 g/mol. The first-order valence-corrected chi connectivity index (χ1v) is 39.4. The van der Waals surface area contributed by atoms with Gasteiger partial charge in [0.05, 0.1) is 25.0 Å². The SMILES string of the molecule is CC(C)(C)N1CCC(Cc2ccccn2)C1.CC(C)C.CC(C)N1CCC(Cc2cc(N(C)C)ncn2)C1.CC(C)N1CCC(Cc2cccnc2)C1.CC(C)N1CCC(N2CCOCC2)C1.CCC(=O)C1CCN(C(C)C)C1.Cc1noc(C2CCN(C(C)C)C2)n1.FC(F)(F)C1CCNC1.